The second kappa shape index (κ2) is 8.95. The number of nitrogens with one attached hydrogen (secondary N) is 2. The zero-order valence-corrected chi connectivity index (χ0v) is 15.5. The van der Waals surface area contributed by atoms with Crippen LogP contribution in [-0.4, -0.2) is 23.5 Å². The molecule has 144 valence electrons. The Morgan fingerprint density at radius 3 is 2.74 bits per heavy atom. The molecule has 0 aliphatic carbocycles. The molecular weight excluding hydrogens is 348 g/mol. The van der Waals surface area contributed by atoms with Gasteiger partial charge in [-0.3, -0.25) is 4.90 Å². The first-order chi connectivity index (χ1) is 13.0. The molecule has 2 N–H and O–H groups in total. The highest BCUT2D eigenvalue weighted by Gasteiger charge is 2.18. The Balaban J connectivity index is 1.53. The minimum absolute atomic E-state index is 0.119. The molecular formula is C21H25F2N3O. The molecule has 0 aromatic heterocycles. The van der Waals surface area contributed by atoms with Crippen molar-refractivity contribution >= 4 is 11.7 Å². The highest BCUT2D eigenvalue weighted by Crippen LogP contribution is 2.20. The number of carbonyl (C=O) groups excluding carboxylic acids is 1. The Bertz CT molecular complexity index is 797. The maximum absolute atomic E-state index is 13.2. The van der Waals surface area contributed by atoms with Gasteiger partial charge in [-0.2, -0.15) is 0 Å². The van der Waals surface area contributed by atoms with E-state index in [0.717, 1.165) is 30.8 Å². The van der Waals surface area contributed by atoms with E-state index in [1.54, 1.807) is 0 Å². The van der Waals surface area contributed by atoms with Crippen molar-refractivity contribution in [2.75, 3.05) is 11.9 Å². The maximum atomic E-state index is 13.2. The Labute approximate surface area is 158 Å². The van der Waals surface area contributed by atoms with Crippen molar-refractivity contribution in [3.63, 3.8) is 0 Å². The molecule has 1 heterocycles. The number of amides is 2. The Morgan fingerprint density at radius 2 is 1.96 bits per heavy atom. The van der Waals surface area contributed by atoms with Crippen LogP contribution in [0.15, 0.2) is 42.5 Å². The van der Waals surface area contributed by atoms with E-state index in [-0.39, 0.29) is 12.6 Å². The normalized spacial score (nSPS) is 17.5. The van der Waals surface area contributed by atoms with Gasteiger partial charge in [0.2, 0.25) is 0 Å². The van der Waals surface area contributed by atoms with Crippen LogP contribution < -0.4 is 10.6 Å². The van der Waals surface area contributed by atoms with E-state index in [4.69, 9.17) is 0 Å². The minimum Gasteiger partial charge on any atom is -0.334 e. The molecule has 27 heavy (non-hydrogen) atoms. The first kappa shape index (κ1) is 19.3. The van der Waals surface area contributed by atoms with Crippen molar-refractivity contribution in [2.24, 2.45) is 0 Å². The lowest BCUT2D eigenvalue weighted by Crippen LogP contribution is -2.36. The quantitative estimate of drug-likeness (QED) is 0.801. The van der Waals surface area contributed by atoms with Crippen LogP contribution in [0, 0.1) is 11.6 Å². The first-order valence-electron chi connectivity index (χ1n) is 9.33. The molecule has 0 bridgehead atoms. The zero-order chi connectivity index (χ0) is 19.2. The molecule has 0 spiro atoms. The summed E-state index contributed by atoms with van der Waals surface area (Å²) in [5, 5.41) is 5.44. The van der Waals surface area contributed by atoms with Gasteiger partial charge in [0.05, 0.1) is 0 Å². The van der Waals surface area contributed by atoms with E-state index in [1.807, 2.05) is 18.2 Å². The van der Waals surface area contributed by atoms with E-state index in [9.17, 15) is 13.6 Å². The van der Waals surface area contributed by atoms with Gasteiger partial charge < -0.3 is 10.6 Å². The lowest BCUT2D eigenvalue weighted by atomic mass is 10.0. The predicted molar refractivity (Wildman–Crippen MR) is 102 cm³/mol. The standard InChI is InChI=1S/C21H25F2N3O/c1-15-5-2-3-10-26(15)14-17-6-4-7-18(11-17)25-21(27)24-13-16-8-9-19(22)20(23)12-16/h4,6-9,11-12,15H,2-3,5,10,13-14H2,1H3,(H2,24,25,27)/t15-/m1/s1. The van der Waals surface area contributed by atoms with E-state index in [2.05, 4.69) is 28.5 Å². The van der Waals surface area contributed by atoms with E-state index in [0.29, 0.717) is 17.3 Å². The number of nitrogens with zero attached hydrogens (tertiary/aromatic N) is 1. The molecule has 3 rings (SSSR count). The monoisotopic (exact) mass is 373 g/mol. The van der Waals surface area contributed by atoms with Gasteiger partial charge in [0.1, 0.15) is 0 Å². The van der Waals surface area contributed by atoms with Crippen LogP contribution in [-0.2, 0) is 13.1 Å². The summed E-state index contributed by atoms with van der Waals surface area (Å²) in [4.78, 5) is 14.6. The van der Waals surface area contributed by atoms with Crippen LogP contribution >= 0.6 is 0 Å². The molecule has 1 aliphatic heterocycles. The summed E-state index contributed by atoms with van der Waals surface area (Å²) >= 11 is 0. The number of piperidine rings is 1. The van der Waals surface area contributed by atoms with Gasteiger partial charge in [0.15, 0.2) is 11.6 Å². The highest BCUT2D eigenvalue weighted by molar-refractivity contribution is 5.89. The molecule has 1 atom stereocenters. The minimum atomic E-state index is -0.922. The fraction of sp³-hybridized carbons (Fsp3) is 0.381. The average Bonchev–Trinajstić information content (AvgIpc) is 2.65. The summed E-state index contributed by atoms with van der Waals surface area (Å²) in [6.07, 6.45) is 3.75. The van der Waals surface area contributed by atoms with Crippen molar-refractivity contribution in [1.29, 1.82) is 0 Å². The fourth-order valence-corrected chi connectivity index (χ4v) is 3.38. The van der Waals surface area contributed by atoms with Crippen molar-refractivity contribution in [3.05, 3.63) is 65.2 Å². The van der Waals surface area contributed by atoms with Crippen LogP contribution in [0.5, 0.6) is 0 Å². The van der Waals surface area contributed by atoms with E-state index in [1.165, 1.54) is 25.3 Å². The summed E-state index contributed by atoms with van der Waals surface area (Å²) in [6, 6.07) is 11.6. The van der Waals surface area contributed by atoms with Gasteiger partial charge >= 0.3 is 6.03 Å². The van der Waals surface area contributed by atoms with Crippen LogP contribution in [0.25, 0.3) is 0 Å². The second-order valence-electron chi connectivity index (χ2n) is 7.07. The van der Waals surface area contributed by atoms with Gasteiger partial charge in [-0.1, -0.05) is 24.6 Å². The van der Waals surface area contributed by atoms with Crippen LogP contribution in [0.4, 0.5) is 19.3 Å². The molecule has 1 aliphatic rings. The number of rotatable bonds is 5. The number of hydrogen-bond donors (Lipinski definition) is 2. The summed E-state index contributed by atoms with van der Waals surface area (Å²) in [6.45, 7) is 4.35. The van der Waals surface area contributed by atoms with Crippen LogP contribution in [0.1, 0.15) is 37.3 Å². The lowest BCUT2D eigenvalue weighted by Gasteiger charge is -2.33. The third-order valence-corrected chi connectivity index (χ3v) is 4.95. The summed E-state index contributed by atoms with van der Waals surface area (Å²) < 4.78 is 26.1. The summed E-state index contributed by atoms with van der Waals surface area (Å²) in [5.74, 6) is -1.82. The van der Waals surface area contributed by atoms with Crippen molar-refractivity contribution < 1.29 is 13.6 Å². The topological polar surface area (TPSA) is 44.4 Å². The van der Waals surface area contributed by atoms with Gasteiger partial charge in [0.25, 0.3) is 0 Å². The fourth-order valence-electron chi connectivity index (χ4n) is 3.38. The van der Waals surface area contributed by atoms with Crippen LogP contribution in [0.2, 0.25) is 0 Å². The van der Waals surface area contributed by atoms with Gasteiger partial charge in [0, 0.05) is 24.8 Å². The zero-order valence-electron chi connectivity index (χ0n) is 15.5. The molecule has 0 radical (unpaired) electrons. The van der Waals surface area contributed by atoms with E-state index < -0.39 is 11.6 Å². The Hall–Kier alpha value is -2.47. The third-order valence-electron chi connectivity index (χ3n) is 4.95. The summed E-state index contributed by atoms with van der Waals surface area (Å²) in [5.41, 5.74) is 2.36. The number of benzene rings is 2. The lowest BCUT2D eigenvalue weighted by molar-refractivity contribution is 0.152. The smallest absolute Gasteiger partial charge is 0.319 e. The Kier molecular flexibility index (Phi) is 6.40. The largest absolute Gasteiger partial charge is 0.334 e. The van der Waals surface area contributed by atoms with Crippen molar-refractivity contribution in [2.45, 2.75) is 45.3 Å². The molecule has 0 unspecified atom stereocenters. The first-order valence-corrected chi connectivity index (χ1v) is 9.33. The maximum Gasteiger partial charge on any atom is 0.319 e. The molecule has 1 saturated heterocycles. The number of urea groups is 1. The van der Waals surface area contributed by atoms with Gasteiger partial charge in [-0.25, -0.2) is 13.6 Å². The summed E-state index contributed by atoms with van der Waals surface area (Å²) in [7, 11) is 0. The molecule has 2 aromatic carbocycles. The molecule has 1 fully saturated rings. The predicted octanol–water partition coefficient (Wildman–Crippen LogP) is 4.66. The molecule has 2 aromatic rings. The second-order valence-corrected chi connectivity index (χ2v) is 7.07. The number of likely N-dealkylation sites (tertiary alicyclic amines) is 1. The van der Waals surface area contributed by atoms with Crippen molar-refractivity contribution in [3.8, 4) is 0 Å². The number of hydrogen-bond acceptors (Lipinski definition) is 2. The van der Waals surface area contributed by atoms with E-state index >= 15 is 0 Å². The SMILES string of the molecule is C[C@@H]1CCCCN1Cc1cccc(NC(=O)NCc2ccc(F)c(F)c2)c1. The average molecular weight is 373 g/mol. The van der Waals surface area contributed by atoms with Gasteiger partial charge in [-0.05, 0) is 61.7 Å². The number of carbonyl (C=O) groups is 1. The molecule has 0 saturated carbocycles. The Morgan fingerprint density at radius 1 is 1.11 bits per heavy atom. The molecule has 6 heteroatoms. The van der Waals surface area contributed by atoms with Gasteiger partial charge in [-0.15, -0.1) is 0 Å². The number of anilines is 1. The van der Waals surface area contributed by atoms with Crippen molar-refractivity contribution in [1.82, 2.24) is 10.2 Å². The molecule has 2 amide bonds. The third kappa shape index (κ3) is 5.50. The number of halogens is 2. The molecule has 4 nitrogen and oxygen atoms in total. The highest BCUT2D eigenvalue weighted by atomic mass is 19.2. The van der Waals surface area contributed by atoms with Crippen LogP contribution in [0.3, 0.4) is 0 Å².